The van der Waals surface area contributed by atoms with Crippen LogP contribution in [0.3, 0.4) is 0 Å². The molecule has 2 aliphatic rings. The van der Waals surface area contributed by atoms with Crippen LogP contribution in [-0.4, -0.2) is 23.5 Å². The van der Waals surface area contributed by atoms with Gasteiger partial charge < -0.3 is 0 Å². The zero-order valence-corrected chi connectivity index (χ0v) is 10.7. The summed E-state index contributed by atoms with van der Waals surface area (Å²) in [5.41, 5.74) is 0. The summed E-state index contributed by atoms with van der Waals surface area (Å²) in [5.74, 6) is 1.22. The molecule has 90 valence electrons. The van der Waals surface area contributed by atoms with E-state index in [-0.39, 0.29) is 5.92 Å². The largest absolute Gasteiger partial charge is 0.296 e. The smallest absolute Gasteiger partial charge is 0.0672 e. The predicted octanol–water partition coefficient (Wildman–Crippen LogP) is 3.19. The molecule has 0 N–H and O–H groups in total. The molecule has 0 spiro atoms. The Morgan fingerprint density at radius 3 is 2.44 bits per heavy atom. The van der Waals surface area contributed by atoms with E-state index in [0.29, 0.717) is 12.1 Å². The highest BCUT2D eigenvalue weighted by atomic mass is 15.2. The highest BCUT2D eigenvalue weighted by Gasteiger charge is 2.34. The topological polar surface area (TPSA) is 27.0 Å². The fraction of sp³-hybridized carbons (Fsp3) is 0.929. The highest BCUT2D eigenvalue weighted by molar-refractivity contribution is 4.97. The summed E-state index contributed by atoms with van der Waals surface area (Å²) < 4.78 is 0. The van der Waals surface area contributed by atoms with E-state index >= 15 is 0 Å². The summed E-state index contributed by atoms with van der Waals surface area (Å²) in [6.45, 7) is 5.80. The van der Waals surface area contributed by atoms with Crippen LogP contribution in [0.4, 0.5) is 0 Å². The second kappa shape index (κ2) is 5.19. The summed E-state index contributed by atoms with van der Waals surface area (Å²) >= 11 is 0. The zero-order valence-electron chi connectivity index (χ0n) is 10.7. The summed E-state index contributed by atoms with van der Waals surface area (Å²) in [6, 6.07) is 3.68. The van der Waals surface area contributed by atoms with Crippen LogP contribution in [0.15, 0.2) is 0 Å². The molecule has 0 aromatic carbocycles. The van der Waals surface area contributed by atoms with Crippen molar-refractivity contribution in [2.45, 2.75) is 64.5 Å². The maximum atomic E-state index is 9.27. The first kappa shape index (κ1) is 11.9. The van der Waals surface area contributed by atoms with E-state index in [0.717, 1.165) is 12.3 Å². The first-order valence-electron chi connectivity index (χ1n) is 6.87. The van der Waals surface area contributed by atoms with Crippen LogP contribution >= 0.6 is 0 Å². The van der Waals surface area contributed by atoms with Gasteiger partial charge >= 0.3 is 0 Å². The summed E-state index contributed by atoms with van der Waals surface area (Å²) in [6.07, 6.45) is 7.75. The van der Waals surface area contributed by atoms with Crippen molar-refractivity contribution in [3.05, 3.63) is 0 Å². The molecule has 2 aliphatic carbocycles. The third kappa shape index (κ3) is 2.77. The Bertz CT molecular complexity index is 262. The van der Waals surface area contributed by atoms with Crippen LogP contribution in [0.5, 0.6) is 0 Å². The lowest BCUT2D eigenvalue weighted by Crippen LogP contribution is -2.46. The number of rotatable bonds is 4. The summed E-state index contributed by atoms with van der Waals surface area (Å²) in [4.78, 5) is 2.62. The molecule has 0 aromatic rings. The fourth-order valence-corrected chi connectivity index (χ4v) is 2.99. The van der Waals surface area contributed by atoms with E-state index in [4.69, 9.17) is 0 Å². The van der Waals surface area contributed by atoms with Crippen molar-refractivity contribution in [3.63, 3.8) is 0 Å². The van der Waals surface area contributed by atoms with Crippen molar-refractivity contribution >= 4 is 0 Å². The van der Waals surface area contributed by atoms with Gasteiger partial charge in [-0.25, -0.2) is 0 Å². The van der Waals surface area contributed by atoms with Crippen LogP contribution < -0.4 is 0 Å². The van der Waals surface area contributed by atoms with Crippen LogP contribution in [0, 0.1) is 23.2 Å². The molecule has 0 heterocycles. The minimum absolute atomic E-state index is 0.287. The normalized spacial score (nSPS) is 30.7. The van der Waals surface area contributed by atoms with Crippen LogP contribution in [-0.2, 0) is 0 Å². The van der Waals surface area contributed by atoms with E-state index < -0.39 is 0 Å². The molecular formula is C14H24N2. The van der Waals surface area contributed by atoms with Gasteiger partial charge in [0.05, 0.1) is 12.0 Å². The third-order valence-electron chi connectivity index (χ3n) is 4.15. The Morgan fingerprint density at radius 1 is 1.19 bits per heavy atom. The van der Waals surface area contributed by atoms with Gasteiger partial charge in [-0.15, -0.1) is 0 Å². The van der Waals surface area contributed by atoms with E-state index in [1.165, 1.54) is 38.6 Å². The maximum absolute atomic E-state index is 9.27. The Kier molecular flexibility index (Phi) is 3.86. The Hall–Kier alpha value is -0.550. The third-order valence-corrected chi connectivity index (χ3v) is 4.15. The Morgan fingerprint density at radius 2 is 1.88 bits per heavy atom. The number of nitrogens with zero attached hydrogens (tertiary/aromatic N) is 2. The minimum Gasteiger partial charge on any atom is -0.296 e. The molecule has 0 amide bonds. The van der Waals surface area contributed by atoms with E-state index in [2.05, 4.69) is 24.8 Å². The van der Waals surface area contributed by atoms with Gasteiger partial charge in [-0.05, 0) is 45.4 Å². The molecule has 2 heteroatoms. The van der Waals surface area contributed by atoms with Gasteiger partial charge in [-0.2, -0.15) is 5.26 Å². The standard InChI is InChI=1S/C14H24N2/c1-11(2)16(10-12-7-8-12)14-6-4-3-5-13(14)9-15/h11-14H,3-8,10H2,1-2H3. The Balaban J connectivity index is 2.01. The molecule has 2 atom stereocenters. The molecule has 0 aliphatic heterocycles. The molecule has 0 bridgehead atoms. The van der Waals surface area contributed by atoms with Crippen molar-refractivity contribution in [2.24, 2.45) is 11.8 Å². The first-order chi connectivity index (χ1) is 7.72. The van der Waals surface area contributed by atoms with Gasteiger partial charge in [0.1, 0.15) is 0 Å². The van der Waals surface area contributed by atoms with E-state index in [1.54, 1.807) is 0 Å². The second-order valence-corrected chi connectivity index (χ2v) is 5.82. The predicted molar refractivity (Wildman–Crippen MR) is 65.9 cm³/mol. The zero-order chi connectivity index (χ0) is 11.5. The molecule has 0 aromatic heterocycles. The average molecular weight is 220 g/mol. The van der Waals surface area contributed by atoms with Crippen molar-refractivity contribution in [3.8, 4) is 6.07 Å². The molecule has 0 saturated heterocycles. The number of hydrogen-bond donors (Lipinski definition) is 0. The lowest BCUT2D eigenvalue weighted by molar-refractivity contribution is 0.0903. The van der Waals surface area contributed by atoms with Gasteiger partial charge in [0.2, 0.25) is 0 Å². The van der Waals surface area contributed by atoms with Crippen molar-refractivity contribution in [1.29, 1.82) is 5.26 Å². The quantitative estimate of drug-likeness (QED) is 0.727. The summed E-state index contributed by atoms with van der Waals surface area (Å²) in [5, 5.41) is 9.27. The second-order valence-electron chi connectivity index (χ2n) is 5.82. The van der Waals surface area contributed by atoms with Gasteiger partial charge in [0.15, 0.2) is 0 Å². The lowest BCUT2D eigenvalue weighted by atomic mass is 9.84. The molecule has 2 rings (SSSR count). The molecule has 2 saturated carbocycles. The molecule has 0 radical (unpaired) electrons. The van der Waals surface area contributed by atoms with E-state index in [1.807, 2.05) is 0 Å². The molecular weight excluding hydrogens is 196 g/mol. The minimum atomic E-state index is 0.287. The number of nitriles is 1. The fourth-order valence-electron chi connectivity index (χ4n) is 2.99. The average Bonchev–Trinajstić information content (AvgIpc) is 3.09. The monoisotopic (exact) mass is 220 g/mol. The van der Waals surface area contributed by atoms with Crippen molar-refractivity contribution < 1.29 is 0 Å². The molecule has 16 heavy (non-hydrogen) atoms. The SMILES string of the molecule is CC(C)N(CC1CC1)C1CCCCC1C#N. The summed E-state index contributed by atoms with van der Waals surface area (Å²) in [7, 11) is 0. The van der Waals surface area contributed by atoms with Crippen LogP contribution in [0.25, 0.3) is 0 Å². The molecule has 2 fully saturated rings. The first-order valence-corrected chi connectivity index (χ1v) is 6.87. The van der Waals surface area contributed by atoms with Gasteiger partial charge in [-0.1, -0.05) is 12.8 Å². The van der Waals surface area contributed by atoms with Crippen LogP contribution in [0.2, 0.25) is 0 Å². The van der Waals surface area contributed by atoms with Gasteiger partial charge in [0.25, 0.3) is 0 Å². The van der Waals surface area contributed by atoms with Crippen molar-refractivity contribution in [2.75, 3.05) is 6.54 Å². The highest BCUT2D eigenvalue weighted by Crippen LogP contribution is 2.35. The van der Waals surface area contributed by atoms with Gasteiger partial charge in [0, 0.05) is 18.6 Å². The molecule has 2 nitrogen and oxygen atoms in total. The van der Waals surface area contributed by atoms with E-state index in [9.17, 15) is 5.26 Å². The van der Waals surface area contributed by atoms with Crippen molar-refractivity contribution in [1.82, 2.24) is 4.90 Å². The number of hydrogen-bond acceptors (Lipinski definition) is 2. The molecule has 2 unspecified atom stereocenters. The maximum Gasteiger partial charge on any atom is 0.0672 e. The van der Waals surface area contributed by atoms with Gasteiger partial charge in [-0.3, -0.25) is 4.90 Å². The lowest BCUT2D eigenvalue weighted by Gasteiger charge is -2.40. The Labute approximate surface area is 99.6 Å². The van der Waals surface area contributed by atoms with Crippen LogP contribution in [0.1, 0.15) is 52.4 Å².